The minimum Gasteiger partial charge on any atom is -0.314 e. The molecule has 2 atom stereocenters. The van der Waals surface area contributed by atoms with Crippen molar-refractivity contribution in [3.63, 3.8) is 0 Å². The molecule has 0 amide bonds. The number of piperidine rings is 1. The van der Waals surface area contributed by atoms with Gasteiger partial charge in [-0.3, -0.25) is 0 Å². The predicted octanol–water partition coefficient (Wildman–Crippen LogP) is 4.20. The van der Waals surface area contributed by atoms with E-state index >= 15 is 0 Å². The average molecular weight is 280 g/mol. The molecule has 0 aromatic carbocycles. The lowest BCUT2D eigenvalue weighted by atomic mass is 9.89. The third-order valence-electron chi connectivity index (χ3n) is 5.29. The first kappa shape index (κ1) is 16.3. The molecule has 0 aromatic heterocycles. The van der Waals surface area contributed by atoms with E-state index in [9.17, 15) is 0 Å². The molecule has 0 saturated carbocycles. The SMILES string of the molecule is CCCCCCCCCN1CCCC(C2CCCN2)C1. The Morgan fingerprint density at radius 3 is 2.50 bits per heavy atom. The van der Waals surface area contributed by atoms with Crippen molar-refractivity contribution in [2.75, 3.05) is 26.2 Å². The first-order valence-electron chi connectivity index (χ1n) is 9.36. The topological polar surface area (TPSA) is 15.3 Å². The number of unbranched alkanes of at least 4 members (excludes halogenated alkanes) is 6. The summed E-state index contributed by atoms with van der Waals surface area (Å²) in [4.78, 5) is 2.75. The fourth-order valence-corrected chi connectivity index (χ4v) is 4.03. The highest BCUT2D eigenvalue weighted by Crippen LogP contribution is 2.24. The van der Waals surface area contributed by atoms with E-state index in [1.165, 1.54) is 96.8 Å². The van der Waals surface area contributed by atoms with Crippen LogP contribution in [0.4, 0.5) is 0 Å². The van der Waals surface area contributed by atoms with Crippen LogP contribution in [0.1, 0.15) is 77.6 Å². The normalized spacial score (nSPS) is 28.1. The number of hydrogen-bond acceptors (Lipinski definition) is 2. The van der Waals surface area contributed by atoms with Gasteiger partial charge in [0.15, 0.2) is 0 Å². The lowest BCUT2D eigenvalue weighted by Gasteiger charge is -2.35. The summed E-state index contributed by atoms with van der Waals surface area (Å²) >= 11 is 0. The van der Waals surface area contributed by atoms with E-state index in [0.717, 1.165) is 12.0 Å². The van der Waals surface area contributed by atoms with E-state index in [-0.39, 0.29) is 0 Å². The summed E-state index contributed by atoms with van der Waals surface area (Å²) in [5, 5.41) is 3.72. The van der Waals surface area contributed by atoms with Crippen molar-refractivity contribution in [3.8, 4) is 0 Å². The Bertz CT molecular complexity index is 236. The van der Waals surface area contributed by atoms with E-state index < -0.39 is 0 Å². The van der Waals surface area contributed by atoms with Crippen LogP contribution in [0.15, 0.2) is 0 Å². The van der Waals surface area contributed by atoms with Gasteiger partial charge in [-0.1, -0.05) is 45.4 Å². The molecule has 2 aliphatic rings. The van der Waals surface area contributed by atoms with Gasteiger partial charge in [0.1, 0.15) is 0 Å². The molecule has 2 aliphatic heterocycles. The highest BCUT2D eigenvalue weighted by atomic mass is 15.1. The molecule has 0 bridgehead atoms. The molecular weight excluding hydrogens is 244 g/mol. The van der Waals surface area contributed by atoms with E-state index in [1.807, 2.05) is 0 Å². The van der Waals surface area contributed by atoms with Gasteiger partial charge in [0.05, 0.1) is 0 Å². The zero-order valence-corrected chi connectivity index (χ0v) is 13.7. The van der Waals surface area contributed by atoms with Gasteiger partial charge in [-0.25, -0.2) is 0 Å². The number of nitrogens with one attached hydrogen (secondary N) is 1. The van der Waals surface area contributed by atoms with Gasteiger partial charge in [0.2, 0.25) is 0 Å². The largest absolute Gasteiger partial charge is 0.314 e. The van der Waals surface area contributed by atoms with Crippen molar-refractivity contribution >= 4 is 0 Å². The third kappa shape index (κ3) is 5.73. The summed E-state index contributed by atoms with van der Waals surface area (Å²) in [5.41, 5.74) is 0. The summed E-state index contributed by atoms with van der Waals surface area (Å²) in [6.45, 7) is 7.65. The summed E-state index contributed by atoms with van der Waals surface area (Å²) < 4.78 is 0. The van der Waals surface area contributed by atoms with Crippen molar-refractivity contribution in [1.82, 2.24) is 10.2 Å². The fourth-order valence-electron chi connectivity index (χ4n) is 4.03. The van der Waals surface area contributed by atoms with E-state index in [2.05, 4.69) is 17.1 Å². The van der Waals surface area contributed by atoms with Gasteiger partial charge in [-0.15, -0.1) is 0 Å². The second-order valence-corrected chi connectivity index (χ2v) is 7.03. The molecule has 0 aliphatic carbocycles. The van der Waals surface area contributed by atoms with Crippen molar-refractivity contribution in [2.24, 2.45) is 5.92 Å². The molecule has 1 N–H and O–H groups in total. The maximum atomic E-state index is 3.72. The maximum Gasteiger partial charge on any atom is 0.0108 e. The molecule has 2 heterocycles. The van der Waals surface area contributed by atoms with Crippen molar-refractivity contribution in [1.29, 1.82) is 0 Å². The van der Waals surface area contributed by atoms with Crippen LogP contribution in [0.3, 0.4) is 0 Å². The van der Waals surface area contributed by atoms with Crippen LogP contribution >= 0.6 is 0 Å². The molecule has 118 valence electrons. The van der Waals surface area contributed by atoms with Crippen LogP contribution in [0.25, 0.3) is 0 Å². The third-order valence-corrected chi connectivity index (χ3v) is 5.29. The van der Waals surface area contributed by atoms with Gasteiger partial charge >= 0.3 is 0 Å². The number of rotatable bonds is 9. The minimum absolute atomic E-state index is 0.840. The fraction of sp³-hybridized carbons (Fsp3) is 1.00. The maximum absolute atomic E-state index is 3.72. The van der Waals surface area contributed by atoms with Gasteiger partial charge in [-0.05, 0) is 57.7 Å². The summed E-state index contributed by atoms with van der Waals surface area (Å²) in [7, 11) is 0. The number of hydrogen-bond donors (Lipinski definition) is 1. The van der Waals surface area contributed by atoms with E-state index in [1.54, 1.807) is 0 Å². The zero-order valence-electron chi connectivity index (χ0n) is 13.7. The predicted molar refractivity (Wildman–Crippen MR) is 88.2 cm³/mol. The Morgan fingerprint density at radius 1 is 0.950 bits per heavy atom. The minimum atomic E-state index is 0.840. The first-order chi connectivity index (χ1) is 9.90. The molecule has 2 heteroatoms. The Kier molecular flexibility index (Phi) is 7.97. The van der Waals surface area contributed by atoms with Crippen LogP contribution in [-0.2, 0) is 0 Å². The van der Waals surface area contributed by atoms with Crippen LogP contribution in [0, 0.1) is 5.92 Å². The van der Waals surface area contributed by atoms with Crippen LogP contribution in [-0.4, -0.2) is 37.1 Å². The Morgan fingerprint density at radius 2 is 1.75 bits per heavy atom. The van der Waals surface area contributed by atoms with Gasteiger partial charge < -0.3 is 10.2 Å². The lowest BCUT2D eigenvalue weighted by Crippen LogP contribution is -2.43. The molecule has 2 rings (SSSR count). The lowest BCUT2D eigenvalue weighted by molar-refractivity contribution is 0.149. The second-order valence-electron chi connectivity index (χ2n) is 7.03. The quantitative estimate of drug-likeness (QED) is 0.637. The van der Waals surface area contributed by atoms with Crippen LogP contribution in [0.5, 0.6) is 0 Å². The Labute approximate surface area is 126 Å². The molecule has 2 fully saturated rings. The molecule has 0 spiro atoms. The molecule has 2 nitrogen and oxygen atoms in total. The average Bonchev–Trinajstić information content (AvgIpc) is 3.01. The standard InChI is InChI=1S/C18H36N2/c1-2-3-4-5-6-7-8-14-20-15-10-11-17(16-20)18-12-9-13-19-18/h17-19H,2-16H2,1H3. The Hall–Kier alpha value is -0.0800. The van der Waals surface area contributed by atoms with Crippen LogP contribution in [0.2, 0.25) is 0 Å². The Balaban J connectivity index is 1.52. The number of nitrogens with zero attached hydrogens (tertiary/aromatic N) is 1. The molecule has 0 radical (unpaired) electrons. The number of likely N-dealkylation sites (tertiary alicyclic amines) is 1. The van der Waals surface area contributed by atoms with E-state index in [4.69, 9.17) is 0 Å². The summed E-state index contributed by atoms with van der Waals surface area (Å²) in [5.74, 6) is 0.941. The van der Waals surface area contributed by atoms with Crippen molar-refractivity contribution in [2.45, 2.75) is 83.6 Å². The first-order valence-corrected chi connectivity index (χ1v) is 9.36. The van der Waals surface area contributed by atoms with Crippen molar-refractivity contribution in [3.05, 3.63) is 0 Å². The molecule has 2 saturated heterocycles. The summed E-state index contributed by atoms with van der Waals surface area (Å²) in [6, 6.07) is 0.840. The highest BCUT2D eigenvalue weighted by Gasteiger charge is 2.28. The highest BCUT2D eigenvalue weighted by molar-refractivity contribution is 4.86. The monoisotopic (exact) mass is 280 g/mol. The van der Waals surface area contributed by atoms with E-state index in [0.29, 0.717) is 0 Å². The van der Waals surface area contributed by atoms with Crippen molar-refractivity contribution < 1.29 is 0 Å². The molecule has 20 heavy (non-hydrogen) atoms. The van der Waals surface area contributed by atoms with Crippen LogP contribution < -0.4 is 5.32 Å². The molecular formula is C18H36N2. The summed E-state index contributed by atoms with van der Waals surface area (Å²) in [6.07, 6.45) is 15.8. The smallest absolute Gasteiger partial charge is 0.0108 e. The van der Waals surface area contributed by atoms with Gasteiger partial charge in [0.25, 0.3) is 0 Å². The zero-order chi connectivity index (χ0) is 14.0. The van der Waals surface area contributed by atoms with Gasteiger partial charge in [-0.2, -0.15) is 0 Å². The molecule has 0 aromatic rings. The molecule has 2 unspecified atom stereocenters. The van der Waals surface area contributed by atoms with Gasteiger partial charge in [0, 0.05) is 12.6 Å². The second kappa shape index (κ2) is 9.78.